The highest BCUT2D eigenvalue weighted by molar-refractivity contribution is 5.45. The van der Waals surface area contributed by atoms with Gasteiger partial charge in [0.05, 0.1) is 5.69 Å². The first-order valence-corrected chi connectivity index (χ1v) is 7.39. The van der Waals surface area contributed by atoms with Crippen LogP contribution in [0.25, 0.3) is 0 Å². The molecule has 2 N–H and O–H groups in total. The first-order valence-electron chi connectivity index (χ1n) is 7.39. The van der Waals surface area contributed by atoms with Crippen molar-refractivity contribution < 1.29 is 0 Å². The van der Waals surface area contributed by atoms with Gasteiger partial charge >= 0.3 is 0 Å². The van der Waals surface area contributed by atoms with Gasteiger partial charge in [-0.05, 0) is 43.9 Å². The van der Waals surface area contributed by atoms with Gasteiger partial charge in [-0.2, -0.15) is 5.10 Å². The van der Waals surface area contributed by atoms with Gasteiger partial charge in [0.25, 0.3) is 0 Å². The zero-order chi connectivity index (χ0) is 14.5. The molecule has 0 amide bonds. The lowest BCUT2D eigenvalue weighted by Gasteiger charge is -2.09. The van der Waals surface area contributed by atoms with Crippen molar-refractivity contribution >= 4 is 5.69 Å². The van der Waals surface area contributed by atoms with Gasteiger partial charge in [-0.1, -0.05) is 26.0 Å². The molecule has 0 bridgehead atoms. The fourth-order valence-corrected chi connectivity index (χ4v) is 2.28. The lowest BCUT2D eigenvalue weighted by molar-refractivity contribution is 0.607. The molecule has 0 aliphatic heterocycles. The van der Waals surface area contributed by atoms with E-state index in [1.165, 1.54) is 28.9 Å². The standard InChI is InChI=1S/C17H25N3/c1-12(2)9-10-18-16-7-5-15(6-8-16)11-17-13(3)19-20-14(17)4/h5-8,12,18H,9-11H2,1-4H3,(H,19,20). The minimum Gasteiger partial charge on any atom is -0.385 e. The molecule has 108 valence electrons. The summed E-state index contributed by atoms with van der Waals surface area (Å²) >= 11 is 0. The smallest absolute Gasteiger partial charge is 0.0629 e. The third-order valence-corrected chi connectivity index (χ3v) is 3.67. The van der Waals surface area contributed by atoms with Gasteiger partial charge in [0.2, 0.25) is 0 Å². The van der Waals surface area contributed by atoms with Crippen LogP contribution in [0.3, 0.4) is 0 Å². The Morgan fingerprint density at radius 3 is 2.40 bits per heavy atom. The average Bonchev–Trinajstić information content (AvgIpc) is 2.72. The van der Waals surface area contributed by atoms with E-state index in [1.807, 2.05) is 0 Å². The SMILES string of the molecule is Cc1n[nH]c(C)c1Cc1ccc(NCCC(C)C)cc1. The third kappa shape index (κ3) is 3.86. The molecule has 2 aromatic rings. The van der Waals surface area contributed by atoms with Crippen LogP contribution in [0, 0.1) is 19.8 Å². The highest BCUT2D eigenvalue weighted by atomic mass is 15.1. The molecule has 3 nitrogen and oxygen atoms in total. The van der Waals surface area contributed by atoms with Gasteiger partial charge in [-0.3, -0.25) is 5.10 Å². The van der Waals surface area contributed by atoms with Crippen molar-refractivity contribution in [2.45, 2.75) is 40.5 Å². The van der Waals surface area contributed by atoms with Crippen LogP contribution in [0.4, 0.5) is 5.69 Å². The largest absolute Gasteiger partial charge is 0.385 e. The first-order chi connectivity index (χ1) is 9.56. The topological polar surface area (TPSA) is 40.7 Å². The molecule has 0 spiro atoms. The Balaban J connectivity index is 1.95. The van der Waals surface area contributed by atoms with Crippen molar-refractivity contribution in [3.05, 3.63) is 46.8 Å². The number of anilines is 1. The molecule has 0 radical (unpaired) electrons. The molecule has 0 fully saturated rings. The Bertz CT molecular complexity index is 518. The van der Waals surface area contributed by atoms with Crippen molar-refractivity contribution in [1.29, 1.82) is 0 Å². The summed E-state index contributed by atoms with van der Waals surface area (Å²) in [4.78, 5) is 0. The van der Waals surface area contributed by atoms with Gasteiger partial charge in [0, 0.05) is 29.9 Å². The van der Waals surface area contributed by atoms with Gasteiger partial charge in [0.15, 0.2) is 0 Å². The molecule has 1 heterocycles. The number of nitrogens with zero attached hydrogens (tertiary/aromatic N) is 1. The minimum atomic E-state index is 0.744. The summed E-state index contributed by atoms with van der Waals surface area (Å²) in [6.45, 7) is 9.68. The van der Waals surface area contributed by atoms with Crippen LogP contribution < -0.4 is 5.32 Å². The summed E-state index contributed by atoms with van der Waals surface area (Å²) in [6, 6.07) is 8.73. The highest BCUT2D eigenvalue weighted by Gasteiger charge is 2.07. The van der Waals surface area contributed by atoms with Crippen LogP contribution in [-0.4, -0.2) is 16.7 Å². The Morgan fingerprint density at radius 2 is 1.85 bits per heavy atom. The fraction of sp³-hybridized carbons (Fsp3) is 0.471. The first kappa shape index (κ1) is 14.6. The maximum absolute atomic E-state index is 4.25. The molecule has 0 atom stereocenters. The van der Waals surface area contributed by atoms with Crippen molar-refractivity contribution in [1.82, 2.24) is 10.2 Å². The van der Waals surface area contributed by atoms with E-state index in [2.05, 4.69) is 67.5 Å². The number of aromatic amines is 1. The number of H-pyrrole nitrogens is 1. The molecule has 1 aromatic carbocycles. The van der Waals surface area contributed by atoms with E-state index < -0.39 is 0 Å². The summed E-state index contributed by atoms with van der Waals surface area (Å²) in [5.74, 6) is 0.744. The molecule has 0 unspecified atom stereocenters. The van der Waals surface area contributed by atoms with Crippen LogP contribution in [-0.2, 0) is 6.42 Å². The summed E-state index contributed by atoms with van der Waals surface area (Å²) < 4.78 is 0. The number of aromatic nitrogens is 2. The fourth-order valence-electron chi connectivity index (χ4n) is 2.28. The molecule has 2 rings (SSSR count). The van der Waals surface area contributed by atoms with Gasteiger partial charge in [0.1, 0.15) is 0 Å². The molecule has 0 saturated heterocycles. The monoisotopic (exact) mass is 271 g/mol. The number of nitrogens with one attached hydrogen (secondary N) is 2. The van der Waals surface area contributed by atoms with Gasteiger partial charge in [-0.25, -0.2) is 0 Å². The van der Waals surface area contributed by atoms with E-state index in [1.54, 1.807) is 0 Å². The van der Waals surface area contributed by atoms with Crippen LogP contribution in [0.2, 0.25) is 0 Å². The number of hydrogen-bond donors (Lipinski definition) is 2. The number of rotatable bonds is 6. The second-order valence-electron chi connectivity index (χ2n) is 5.90. The average molecular weight is 271 g/mol. The van der Waals surface area contributed by atoms with E-state index in [4.69, 9.17) is 0 Å². The number of aryl methyl sites for hydroxylation is 2. The second-order valence-corrected chi connectivity index (χ2v) is 5.90. The van der Waals surface area contributed by atoms with E-state index in [9.17, 15) is 0 Å². The molecule has 0 aliphatic carbocycles. The molecule has 3 heteroatoms. The summed E-state index contributed by atoms with van der Waals surface area (Å²) in [7, 11) is 0. The van der Waals surface area contributed by atoms with Gasteiger partial charge in [-0.15, -0.1) is 0 Å². The second kappa shape index (κ2) is 6.60. The van der Waals surface area contributed by atoms with E-state index in [0.717, 1.165) is 24.6 Å². The predicted octanol–water partition coefficient (Wildman–Crippen LogP) is 4.08. The predicted molar refractivity (Wildman–Crippen MR) is 85.3 cm³/mol. The lowest BCUT2D eigenvalue weighted by Crippen LogP contribution is -2.04. The zero-order valence-corrected chi connectivity index (χ0v) is 13.0. The quantitative estimate of drug-likeness (QED) is 0.831. The third-order valence-electron chi connectivity index (χ3n) is 3.67. The highest BCUT2D eigenvalue weighted by Crippen LogP contribution is 2.17. The molecule has 0 saturated carbocycles. The number of hydrogen-bond acceptors (Lipinski definition) is 2. The normalized spacial score (nSPS) is 11.1. The van der Waals surface area contributed by atoms with Crippen molar-refractivity contribution in [2.24, 2.45) is 5.92 Å². The van der Waals surface area contributed by atoms with Crippen molar-refractivity contribution in [3.8, 4) is 0 Å². The Morgan fingerprint density at radius 1 is 1.15 bits per heavy atom. The Kier molecular flexibility index (Phi) is 4.83. The Labute approximate surface area is 121 Å². The lowest BCUT2D eigenvalue weighted by atomic mass is 10.0. The summed E-state index contributed by atoms with van der Waals surface area (Å²) in [5.41, 5.74) is 6.11. The summed E-state index contributed by atoms with van der Waals surface area (Å²) in [6.07, 6.45) is 2.15. The van der Waals surface area contributed by atoms with E-state index >= 15 is 0 Å². The minimum absolute atomic E-state index is 0.744. The van der Waals surface area contributed by atoms with Crippen LogP contribution in [0.15, 0.2) is 24.3 Å². The van der Waals surface area contributed by atoms with E-state index in [-0.39, 0.29) is 0 Å². The van der Waals surface area contributed by atoms with Crippen molar-refractivity contribution in [3.63, 3.8) is 0 Å². The molecule has 1 aromatic heterocycles. The maximum Gasteiger partial charge on any atom is 0.0629 e. The molecule has 20 heavy (non-hydrogen) atoms. The number of benzene rings is 1. The van der Waals surface area contributed by atoms with Crippen molar-refractivity contribution in [2.75, 3.05) is 11.9 Å². The molecule has 0 aliphatic rings. The van der Waals surface area contributed by atoms with Crippen LogP contribution >= 0.6 is 0 Å². The van der Waals surface area contributed by atoms with E-state index in [0.29, 0.717) is 0 Å². The maximum atomic E-state index is 4.25. The molecular weight excluding hydrogens is 246 g/mol. The summed E-state index contributed by atoms with van der Waals surface area (Å²) in [5, 5.41) is 10.8. The Hall–Kier alpha value is -1.77. The zero-order valence-electron chi connectivity index (χ0n) is 13.0. The van der Waals surface area contributed by atoms with Crippen LogP contribution in [0.1, 0.15) is 42.8 Å². The van der Waals surface area contributed by atoms with Crippen LogP contribution in [0.5, 0.6) is 0 Å². The molecular formula is C17H25N3. The van der Waals surface area contributed by atoms with Gasteiger partial charge < -0.3 is 5.32 Å².